The Morgan fingerprint density at radius 2 is 1.85 bits per heavy atom. The highest BCUT2D eigenvalue weighted by atomic mass is 19.1. The van der Waals surface area contributed by atoms with Gasteiger partial charge in [-0.2, -0.15) is 9.97 Å². The fraction of sp³-hybridized carbons (Fsp3) is 0.333. The van der Waals surface area contributed by atoms with Gasteiger partial charge in [0.05, 0.1) is 5.52 Å². The first-order chi connectivity index (χ1) is 12.9. The third-order valence-corrected chi connectivity index (χ3v) is 4.64. The predicted molar refractivity (Wildman–Crippen MR) is 99.2 cm³/mol. The van der Waals surface area contributed by atoms with Crippen molar-refractivity contribution in [1.82, 2.24) is 19.9 Å². The number of H-pyrrole nitrogens is 1. The molecule has 1 aliphatic rings. The number of hydrogen-bond acceptors (Lipinski definition) is 6. The minimum Gasteiger partial charge on any atom is -0.418 e. The van der Waals surface area contributed by atoms with E-state index in [1.807, 2.05) is 11.9 Å². The average Bonchev–Trinajstić information content (AvgIpc) is 2.99. The van der Waals surface area contributed by atoms with Crippen LogP contribution in [0.1, 0.15) is 5.69 Å². The van der Waals surface area contributed by atoms with E-state index in [2.05, 4.69) is 19.9 Å². The van der Waals surface area contributed by atoms with Crippen molar-refractivity contribution in [1.29, 1.82) is 0 Å². The zero-order valence-corrected chi connectivity index (χ0v) is 15.1. The molecular formula is C18H20F2N6O. The number of aromatic amines is 1. The Kier molecular flexibility index (Phi) is 4.31. The summed E-state index contributed by atoms with van der Waals surface area (Å²) in [6, 6.07) is 4.22. The summed E-state index contributed by atoms with van der Waals surface area (Å²) in [6.45, 7) is 5.06. The molecular weight excluding hydrogens is 354 g/mol. The lowest BCUT2D eigenvalue weighted by Gasteiger charge is -2.33. The Bertz CT molecular complexity index is 997. The van der Waals surface area contributed by atoms with Crippen molar-refractivity contribution in [2.75, 3.05) is 43.9 Å². The van der Waals surface area contributed by atoms with Crippen LogP contribution in [0.3, 0.4) is 0 Å². The van der Waals surface area contributed by atoms with Crippen molar-refractivity contribution < 1.29 is 13.5 Å². The molecule has 7 nitrogen and oxygen atoms in total. The summed E-state index contributed by atoms with van der Waals surface area (Å²) in [5, 5.41) is 0.243. The van der Waals surface area contributed by atoms with Crippen LogP contribution in [0.25, 0.3) is 10.9 Å². The van der Waals surface area contributed by atoms with E-state index in [0.717, 1.165) is 31.9 Å². The normalized spacial score (nSPS) is 15.5. The van der Waals surface area contributed by atoms with Gasteiger partial charge in [-0.15, -0.1) is 0 Å². The topological polar surface area (TPSA) is 83.3 Å². The van der Waals surface area contributed by atoms with Crippen LogP contribution in [0.4, 0.5) is 20.4 Å². The Morgan fingerprint density at radius 1 is 1.11 bits per heavy atom. The Hall–Kier alpha value is -2.94. The summed E-state index contributed by atoms with van der Waals surface area (Å²) in [7, 11) is 2.05. The number of fused-ring (bicyclic) bond motifs is 1. The molecule has 0 saturated carbocycles. The molecule has 0 unspecified atom stereocenters. The zero-order chi connectivity index (χ0) is 19.1. The highest BCUT2D eigenvalue weighted by molar-refractivity contribution is 5.83. The molecule has 27 heavy (non-hydrogen) atoms. The van der Waals surface area contributed by atoms with Crippen LogP contribution in [0.2, 0.25) is 0 Å². The Balaban J connectivity index is 1.67. The predicted octanol–water partition coefficient (Wildman–Crippen LogP) is 2.67. The molecule has 142 valence electrons. The van der Waals surface area contributed by atoms with Gasteiger partial charge in [-0.25, -0.2) is 8.78 Å². The number of halogens is 2. The molecule has 0 atom stereocenters. The van der Waals surface area contributed by atoms with E-state index in [1.165, 1.54) is 6.07 Å². The molecule has 1 aromatic carbocycles. The maximum absolute atomic E-state index is 14.7. The summed E-state index contributed by atoms with van der Waals surface area (Å²) in [5.41, 5.74) is 6.94. The number of ether oxygens (including phenoxy) is 1. The third kappa shape index (κ3) is 3.37. The molecule has 0 aliphatic carbocycles. The van der Waals surface area contributed by atoms with Crippen molar-refractivity contribution in [2.45, 2.75) is 6.92 Å². The van der Waals surface area contributed by atoms with E-state index in [-0.39, 0.29) is 17.2 Å². The molecule has 1 aliphatic heterocycles. The molecule has 9 heteroatoms. The number of likely N-dealkylation sites (N-methyl/N-ethyl adjacent to an activating group) is 1. The first-order valence-corrected chi connectivity index (χ1v) is 8.64. The molecule has 0 bridgehead atoms. The van der Waals surface area contributed by atoms with Gasteiger partial charge in [0.25, 0.3) is 0 Å². The van der Waals surface area contributed by atoms with E-state index >= 15 is 0 Å². The maximum Gasteiger partial charge on any atom is 0.326 e. The SMILES string of the molecule is Cc1cc2c(F)c(Oc3nc(N)cc(N4CCN(C)CC4)n3)c(F)cc2[nH]1. The van der Waals surface area contributed by atoms with Crippen LogP contribution >= 0.6 is 0 Å². The first-order valence-electron chi connectivity index (χ1n) is 8.64. The number of nitrogens with one attached hydrogen (secondary N) is 1. The summed E-state index contributed by atoms with van der Waals surface area (Å²) in [5.74, 6) is -1.44. The third-order valence-electron chi connectivity index (χ3n) is 4.64. The van der Waals surface area contributed by atoms with Crippen LogP contribution in [-0.2, 0) is 0 Å². The van der Waals surface area contributed by atoms with Gasteiger partial charge >= 0.3 is 6.01 Å². The van der Waals surface area contributed by atoms with Gasteiger partial charge in [-0.1, -0.05) is 0 Å². The second kappa shape index (κ2) is 6.66. The van der Waals surface area contributed by atoms with Crippen LogP contribution in [0.5, 0.6) is 11.8 Å². The van der Waals surface area contributed by atoms with Crippen molar-refractivity contribution in [3.8, 4) is 11.8 Å². The van der Waals surface area contributed by atoms with E-state index < -0.39 is 17.4 Å². The number of aromatic nitrogens is 3. The minimum atomic E-state index is -0.839. The molecule has 0 spiro atoms. The summed E-state index contributed by atoms with van der Waals surface area (Å²) in [6.07, 6.45) is 0. The maximum atomic E-state index is 14.7. The number of nitrogen functional groups attached to an aromatic ring is 1. The number of nitrogens with two attached hydrogens (primary N) is 1. The molecule has 3 N–H and O–H groups in total. The number of anilines is 2. The van der Waals surface area contributed by atoms with Gasteiger partial charge in [0.15, 0.2) is 11.6 Å². The van der Waals surface area contributed by atoms with Crippen LogP contribution in [0, 0.1) is 18.6 Å². The van der Waals surface area contributed by atoms with Gasteiger partial charge in [-0.3, -0.25) is 0 Å². The highest BCUT2D eigenvalue weighted by Crippen LogP contribution is 2.33. The van der Waals surface area contributed by atoms with Gasteiger partial charge in [0.1, 0.15) is 11.6 Å². The average molecular weight is 374 g/mol. The minimum absolute atomic E-state index is 0.174. The molecule has 2 aromatic heterocycles. The second-order valence-electron chi connectivity index (χ2n) is 6.74. The van der Waals surface area contributed by atoms with Crippen molar-refractivity contribution >= 4 is 22.5 Å². The Morgan fingerprint density at radius 3 is 2.59 bits per heavy atom. The first kappa shape index (κ1) is 17.5. The molecule has 3 heterocycles. The molecule has 3 aromatic rings. The highest BCUT2D eigenvalue weighted by Gasteiger charge is 2.21. The summed E-state index contributed by atoms with van der Waals surface area (Å²) >= 11 is 0. The number of rotatable bonds is 3. The van der Waals surface area contributed by atoms with Crippen LogP contribution < -0.4 is 15.4 Å². The number of piperazine rings is 1. The fourth-order valence-corrected chi connectivity index (χ4v) is 3.18. The molecule has 0 amide bonds. The van der Waals surface area contributed by atoms with Gasteiger partial charge < -0.3 is 25.3 Å². The molecule has 0 radical (unpaired) electrons. The van der Waals surface area contributed by atoms with Gasteiger partial charge in [0, 0.05) is 49.4 Å². The largest absolute Gasteiger partial charge is 0.418 e. The standard InChI is InChI=1S/C18H20F2N6O/c1-10-7-11-13(22-10)8-12(19)17(16(11)20)27-18-23-14(21)9-15(24-18)26-5-3-25(2)4-6-26/h7-9,22H,3-6H2,1-2H3,(H2,21,23,24). The van der Waals surface area contributed by atoms with E-state index in [4.69, 9.17) is 10.5 Å². The number of benzene rings is 1. The quantitative estimate of drug-likeness (QED) is 0.733. The van der Waals surface area contributed by atoms with E-state index in [1.54, 1.807) is 19.1 Å². The fourth-order valence-electron chi connectivity index (χ4n) is 3.18. The molecule has 1 saturated heterocycles. The van der Waals surface area contributed by atoms with E-state index in [0.29, 0.717) is 11.3 Å². The lowest BCUT2D eigenvalue weighted by Crippen LogP contribution is -2.44. The van der Waals surface area contributed by atoms with Crippen LogP contribution in [0.15, 0.2) is 18.2 Å². The monoisotopic (exact) mass is 374 g/mol. The van der Waals surface area contributed by atoms with Crippen molar-refractivity contribution in [3.05, 3.63) is 35.5 Å². The zero-order valence-electron chi connectivity index (χ0n) is 15.1. The van der Waals surface area contributed by atoms with E-state index in [9.17, 15) is 8.78 Å². The van der Waals surface area contributed by atoms with Crippen molar-refractivity contribution in [2.24, 2.45) is 0 Å². The van der Waals surface area contributed by atoms with Crippen LogP contribution in [-0.4, -0.2) is 53.1 Å². The molecule has 4 rings (SSSR count). The van der Waals surface area contributed by atoms with Gasteiger partial charge in [-0.05, 0) is 20.0 Å². The lowest BCUT2D eigenvalue weighted by atomic mass is 10.2. The van der Waals surface area contributed by atoms with Crippen molar-refractivity contribution in [3.63, 3.8) is 0 Å². The number of hydrogen-bond donors (Lipinski definition) is 2. The number of nitrogens with zero attached hydrogens (tertiary/aromatic N) is 4. The summed E-state index contributed by atoms with van der Waals surface area (Å²) < 4.78 is 34.5. The smallest absolute Gasteiger partial charge is 0.326 e. The second-order valence-corrected chi connectivity index (χ2v) is 6.74. The lowest BCUT2D eigenvalue weighted by molar-refractivity contribution is 0.311. The Labute approximate surface area is 154 Å². The van der Waals surface area contributed by atoms with Gasteiger partial charge in [0.2, 0.25) is 5.75 Å². The molecule has 1 fully saturated rings. The number of aryl methyl sites for hydroxylation is 1. The summed E-state index contributed by atoms with van der Waals surface area (Å²) in [4.78, 5) is 15.4.